The van der Waals surface area contributed by atoms with E-state index in [1.807, 2.05) is 24.3 Å². The molecule has 27 heavy (non-hydrogen) atoms. The zero-order valence-electron chi connectivity index (χ0n) is 15.5. The predicted molar refractivity (Wildman–Crippen MR) is 110 cm³/mol. The summed E-state index contributed by atoms with van der Waals surface area (Å²) in [4.78, 5) is 16.4. The molecule has 1 N–H and O–H groups in total. The third-order valence-corrected chi connectivity index (χ3v) is 6.24. The lowest BCUT2D eigenvalue weighted by atomic mass is 10.1. The molecule has 0 radical (unpaired) electrons. The second kappa shape index (κ2) is 8.11. The van der Waals surface area contributed by atoms with Gasteiger partial charge in [-0.1, -0.05) is 36.4 Å². The number of nitrogens with one attached hydrogen (secondary N) is 1. The monoisotopic (exact) mass is 379 g/mol. The standard InChI is InChI=1S/C22H25N3OS/c1-24-13-5-10-18(24)19-11-6-14-25(19)16-21(26)23-22(20-12-7-15-27-20)17-8-3-2-4-9-17/h2-5,7-10,12-13,15,19,22H,6,11,14,16H2,1H3,(H,23,26). The molecule has 140 valence electrons. The van der Waals surface area contributed by atoms with E-state index in [1.54, 1.807) is 11.3 Å². The van der Waals surface area contributed by atoms with Crippen LogP contribution in [0.5, 0.6) is 0 Å². The van der Waals surface area contributed by atoms with E-state index in [4.69, 9.17) is 0 Å². The maximum absolute atomic E-state index is 12.9. The quantitative estimate of drug-likeness (QED) is 0.699. The highest BCUT2D eigenvalue weighted by atomic mass is 32.1. The third kappa shape index (κ3) is 3.99. The minimum absolute atomic E-state index is 0.0818. The third-order valence-electron chi connectivity index (χ3n) is 5.30. The van der Waals surface area contributed by atoms with Crippen molar-refractivity contribution in [2.75, 3.05) is 13.1 Å². The van der Waals surface area contributed by atoms with Crippen molar-refractivity contribution in [2.24, 2.45) is 7.05 Å². The number of nitrogens with zero attached hydrogens (tertiary/aromatic N) is 2. The van der Waals surface area contributed by atoms with Crippen molar-refractivity contribution in [2.45, 2.75) is 24.9 Å². The van der Waals surface area contributed by atoms with E-state index in [0.29, 0.717) is 12.6 Å². The minimum Gasteiger partial charge on any atom is -0.353 e. The van der Waals surface area contributed by atoms with Gasteiger partial charge < -0.3 is 9.88 Å². The number of hydrogen-bond donors (Lipinski definition) is 1. The molecule has 3 heterocycles. The van der Waals surface area contributed by atoms with Gasteiger partial charge in [-0.05, 0) is 48.5 Å². The Kier molecular flexibility index (Phi) is 5.41. The maximum Gasteiger partial charge on any atom is 0.234 e. The van der Waals surface area contributed by atoms with Gasteiger partial charge in [-0.2, -0.15) is 0 Å². The summed E-state index contributed by atoms with van der Waals surface area (Å²) in [5.41, 5.74) is 2.41. The Hall–Kier alpha value is -2.37. The number of rotatable bonds is 6. The van der Waals surface area contributed by atoms with Crippen molar-refractivity contribution < 1.29 is 4.79 Å². The largest absolute Gasteiger partial charge is 0.353 e. The molecule has 2 unspecified atom stereocenters. The van der Waals surface area contributed by atoms with Gasteiger partial charge in [-0.3, -0.25) is 9.69 Å². The Morgan fingerprint density at radius 3 is 2.74 bits per heavy atom. The summed E-state index contributed by atoms with van der Waals surface area (Å²) in [7, 11) is 2.08. The SMILES string of the molecule is Cn1cccc1C1CCCN1CC(=O)NC(c1ccccc1)c1cccs1. The van der Waals surface area contributed by atoms with Crippen LogP contribution in [0.1, 0.15) is 41.1 Å². The van der Waals surface area contributed by atoms with Crippen LogP contribution in [0, 0.1) is 0 Å². The summed E-state index contributed by atoms with van der Waals surface area (Å²) in [6.07, 6.45) is 4.32. The lowest BCUT2D eigenvalue weighted by molar-refractivity contribution is -0.123. The molecule has 2 aromatic heterocycles. The maximum atomic E-state index is 12.9. The molecule has 5 heteroatoms. The first-order chi connectivity index (χ1) is 13.2. The number of thiophene rings is 1. The number of carbonyl (C=O) groups excluding carboxylic acids is 1. The van der Waals surface area contributed by atoms with Gasteiger partial charge in [-0.25, -0.2) is 0 Å². The van der Waals surface area contributed by atoms with Crippen LogP contribution >= 0.6 is 11.3 Å². The van der Waals surface area contributed by atoms with E-state index >= 15 is 0 Å². The van der Waals surface area contributed by atoms with Crippen molar-refractivity contribution in [1.82, 2.24) is 14.8 Å². The Labute approximate surface area is 164 Å². The summed E-state index contributed by atoms with van der Waals surface area (Å²) in [5, 5.41) is 5.32. The van der Waals surface area contributed by atoms with E-state index < -0.39 is 0 Å². The van der Waals surface area contributed by atoms with E-state index in [2.05, 4.69) is 63.7 Å². The summed E-state index contributed by atoms with van der Waals surface area (Å²) in [5.74, 6) is 0.0818. The normalized spacial score (nSPS) is 18.5. The molecule has 4 nitrogen and oxygen atoms in total. The molecule has 2 atom stereocenters. The van der Waals surface area contributed by atoms with E-state index in [9.17, 15) is 4.79 Å². The van der Waals surface area contributed by atoms with Crippen molar-refractivity contribution in [1.29, 1.82) is 0 Å². The Bertz CT molecular complexity index is 872. The Morgan fingerprint density at radius 2 is 2.04 bits per heavy atom. The van der Waals surface area contributed by atoms with Gasteiger partial charge in [0.2, 0.25) is 5.91 Å². The lowest BCUT2D eigenvalue weighted by Crippen LogP contribution is -2.39. The zero-order valence-corrected chi connectivity index (χ0v) is 16.4. The topological polar surface area (TPSA) is 37.3 Å². The smallest absolute Gasteiger partial charge is 0.234 e. The van der Waals surface area contributed by atoms with Gasteiger partial charge in [0.25, 0.3) is 0 Å². The lowest BCUT2D eigenvalue weighted by Gasteiger charge is -2.26. The molecule has 0 aliphatic carbocycles. The van der Waals surface area contributed by atoms with Gasteiger partial charge >= 0.3 is 0 Å². The molecule has 4 rings (SSSR count). The van der Waals surface area contributed by atoms with Crippen LogP contribution in [0.2, 0.25) is 0 Å². The number of amides is 1. The fourth-order valence-corrected chi connectivity index (χ4v) is 4.78. The first-order valence-electron chi connectivity index (χ1n) is 9.45. The number of aryl methyl sites for hydroxylation is 1. The number of carbonyl (C=O) groups is 1. The molecule has 3 aromatic rings. The number of benzene rings is 1. The molecule has 1 aliphatic rings. The van der Waals surface area contributed by atoms with Gasteiger partial charge in [0.1, 0.15) is 0 Å². The van der Waals surface area contributed by atoms with E-state index in [0.717, 1.165) is 29.8 Å². The second-order valence-corrected chi connectivity index (χ2v) is 8.08. The summed E-state index contributed by atoms with van der Waals surface area (Å²) in [6, 6.07) is 18.8. The highest BCUT2D eigenvalue weighted by molar-refractivity contribution is 7.10. The van der Waals surface area contributed by atoms with Crippen LogP contribution in [0.4, 0.5) is 0 Å². The summed E-state index contributed by atoms with van der Waals surface area (Å²) >= 11 is 1.68. The highest BCUT2D eigenvalue weighted by Gasteiger charge is 2.29. The van der Waals surface area contributed by atoms with Crippen LogP contribution in [0.25, 0.3) is 0 Å². The molecule has 1 amide bonds. The van der Waals surface area contributed by atoms with Crippen molar-refractivity contribution >= 4 is 17.2 Å². The van der Waals surface area contributed by atoms with Crippen LogP contribution in [0.3, 0.4) is 0 Å². The second-order valence-electron chi connectivity index (χ2n) is 7.10. The van der Waals surface area contributed by atoms with E-state index in [1.165, 1.54) is 5.69 Å². The Balaban J connectivity index is 1.48. The van der Waals surface area contributed by atoms with Crippen LogP contribution in [0.15, 0.2) is 66.2 Å². The number of aromatic nitrogens is 1. The van der Waals surface area contributed by atoms with Crippen LogP contribution in [-0.4, -0.2) is 28.5 Å². The van der Waals surface area contributed by atoms with Crippen LogP contribution in [-0.2, 0) is 11.8 Å². The van der Waals surface area contributed by atoms with E-state index in [-0.39, 0.29) is 11.9 Å². The molecule has 1 fully saturated rings. The Morgan fingerprint density at radius 1 is 1.19 bits per heavy atom. The number of hydrogen-bond acceptors (Lipinski definition) is 3. The predicted octanol–water partition coefficient (Wildman–Crippen LogP) is 4.13. The van der Waals surface area contributed by atoms with Crippen LogP contribution < -0.4 is 5.32 Å². The minimum atomic E-state index is -0.0882. The van der Waals surface area contributed by atoms with Crippen molar-refractivity contribution in [3.63, 3.8) is 0 Å². The van der Waals surface area contributed by atoms with Gasteiger partial charge in [0, 0.05) is 23.8 Å². The first-order valence-corrected chi connectivity index (χ1v) is 10.3. The molecule has 1 aliphatic heterocycles. The molecule has 0 saturated carbocycles. The zero-order chi connectivity index (χ0) is 18.6. The average molecular weight is 380 g/mol. The molecular weight excluding hydrogens is 354 g/mol. The first kappa shape index (κ1) is 18.0. The fourth-order valence-electron chi connectivity index (χ4n) is 3.98. The number of likely N-dealkylation sites (tertiary alicyclic amines) is 1. The fraction of sp³-hybridized carbons (Fsp3) is 0.318. The summed E-state index contributed by atoms with van der Waals surface area (Å²) in [6.45, 7) is 1.41. The van der Waals surface area contributed by atoms with Crippen molar-refractivity contribution in [3.8, 4) is 0 Å². The molecule has 1 saturated heterocycles. The van der Waals surface area contributed by atoms with Gasteiger partial charge in [0.15, 0.2) is 0 Å². The van der Waals surface area contributed by atoms with Gasteiger partial charge in [0.05, 0.1) is 18.6 Å². The average Bonchev–Trinajstić information content (AvgIpc) is 3.42. The summed E-state index contributed by atoms with van der Waals surface area (Å²) < 4.78 is 2.17. The molecule has 1 aromatic carbocycles. The molecule has 0 spiro atoms. The highest BCUT2D eigenvalue weighted by Crippen LogP contribution is 2.32. The molecule has 0 bridgehead atoms. The van der Waals surface area contributed by atoms with Gasteiger partial charge in [-0.15, -0.1) is 11.3 Å². The molecular formula is C22H25N3OS. The van der Waals surface area contributed by atoms with Crippen molar-refractivity contribution in [3.05, 3.63) is 82.3 Å².